The summed E-state index contributed by atoms with van der Waals surface area (Å²) in [5, 5.41) is 9.45. The van der Waals surface area contributed by atoms with Gasteiger partial charge in [-0.15, -0.1) is 0 Å². The van der Waals surface area contributed by atoms with E-state index in [1.54, 1.807) is 0 Å². The lowest BCUT2D eigenvalue weighted by atomic mass is 9.85. The highest BCUT2D eigenvalue weighted by Gasteiger charge is 2.15. The second-order valence-corrected chi connectivity index (χ2v) is 7.03. The molecule has 0 spiro atoms. The zero-order chi connectivity index (χ0) is 15.8. The number of hydrogen-bond acceptors (Lipinski definition) is 1. The van der Waals surface area contributed by atoms with Gasteiger partial charge in [0.05, 0.1) is 0 Å². The Morgan fingerprint density at radius 2 is 1.00 bits per heavy atom. The third kappa shape index (κ3) is 13.4. The number of aliphatic hydroxyl groups excluding tert-OH is 1. The molecule has 0 fully saturated rings. The molecule has 0 heterocycles. The SMILES string of the molecule is CCCCCCCCC(CCCCCCCC)C(C)CO. The quantitative estimate of drug-likeness (QED) is 0.313. The summed E-state index contributed by atoms with van der Waals surface area (Å²) in [5.41, 5.74) is 0. The molecule has 0 bridgehead atoms. The van der Waals surface area contributed by atoms with Crippen LogP contribution in [0, 0.1) is 11.8 Å². The van der Waals surface area contributed by atoms with Gasteiger partial charge < -0.3 is 5.11 Å². The lowest BCUT2D eigenvalue weighted by Gasteiger charge is -2.22. The monoisotopic (exact) mass is 298 g/mol. The van der Waals surface area contributed by atoms with Gasteiger partial charge in [0, 0.05) is 6.61 Å². The van der Waals surface area contributed by atoms with Gasteiger partial charge >= 0.3 is 0 Å². The fourth-order valence-electron chi connectivity index (χ4n) is 3.24. The average Bonchev–Trinajstić information content (AvgIpc) is 2.51. The molecule has 0 radical (unpaired) electrons. The highest BCUT2D eigenvalue weighted by molar-refractivity contribution is 4.67. The summed E-state index contributed by atoms with van der Waals surface area (Å²) in [4.78, 5) is 0. The number of aliphatic hydroxyl groups is 1. The van der Waals surface area contributed by atoms with Crippen molar-refractivity contribution in [2.45, 2.75) is 111 Å². The fourth-order valence-corrected chi connectivity index (χ4v) is 3.24. The molecule has 0 amide bonds. The molecule has 1 atom stereocenters. The summed E-state index contributed by atoms with van der Waals surface area (Å²) >= 11 is 0. The highest BCUT2D eigenvalue weighted by Crippen LogP contribution is 2.25. The second kappa shape index (κ2) is 16.3. The highest BCUT2D eigenvalue weighted by atomic mass is 16.3. The molecule has 0 aromatic rings. The summed E-state index contributed by atoms with van der Waals surface area (Å²) < 4.78 is 0. The van der Waals surface area contributed by atoms with E-state index in [2.05, 4.69) is 20.8 Å². The summed E-state index contributed by atoms with van der Waals surface area (Å²) in [6, 6.07) is 0. The summed E-state index contributed by atoms with van der Waals surface area (Å²) in [6.07, 6.45) is 19.3. The predicted molar refractivity (Wildman–Crippen MR) is 95.7 cm³/mol. The summed E-state index contributed by atoms with van der Waals surface area (Å²) in [6.45, 7) is 7.16. The normalized spacial score (nSPS) is 13.0. The first-order valence-electron chi connectivity index (χ1n) is 9.87. The van der Waals surface area contributed by atoms with E-state index < -0.39 is 0 Å². The van der Waals surface area contributed by atoms with Gasteiger partial charge in [-0.1, -0.05) is 111 Å². The zero-order valence-corrected chi connectivity index (χ0v) is 15.2. The minimum Gasteiger partial charge on any atom is -0.396 e. The van der Waals surface area contributed by atoms with Crippen molar-refractivity contribution < 1.29 is 5.11 Å². The van der Waals surface area contributed by atoms with E-state index in [1.165, 1.54) is 89.9 Å². The molecule has 0 aliphatic heterocycles. The Morgan fingerprint density at radius 1 is 0.619 bits per heavy atom. The molecular formula is C20H42O. The van der Waals surface area contributed by atoms with Crippen molar-refractivity contribution in [1.82, 2.24) is 0 Å². The Labute approximate surface area is 134 Å². The first kappa shape index (κ1) is 21.0. The van der Waals surface area contributed by atoms with Crippen LogP contribution < -0.4 is 0 Å². The van der Waals surface area contributed by atoms with Gasteiger partial charge in [0.1, 0.15) is 0 Å². The van der Waals surface area contributed by atoms with Crippen molar-refractivity contribution in [3.8, 4) is 0 Å². The number of rotatable bonds is 16. The van der Waals surface area contributed by atoms with E-state index in [0.717, 1.165) is 5.92 Å². The van der Waals surface area contributed by atoms with Crippen molar-refractivity contribution in [3.63, 3.8) is 0 Å². The van der Waals surface area contributed by atoms with Gasteiger partial charge in [0.15, 0.2) is 0 Å². The third-order valence-electron chi connectivity index (χ3n) is 4.95. The van der Waals surface area contributed by atoms with Gasteiger partial charge in [-0.3, -0.25) is 0 Å². The molecular weight excluding hydrogens is 256 g/mol. The molecule has 0 saturated heterocycles. The molecule has 0 aromatic heterocycles. The topological polar surface area (TPSA) is 20.2 Å². The molecule has 1 nitrogen and oxygen atoms in total. The van der Waals surface area contributed by atoms with E-state index in [0.29, 0.717) is 12.5 Å². The Bertz CT molecular complexity index is 174. The number of hydrogen-bond donors (Lipinski definition) is 1. The minimum absolute atomic E-state index is 0.371. The van der Waals surface area contributed by atoms with Crippen LogP contribution in [0.5, 0.6) is 0 Å². The Kier molecular flexibility index (Phi) is 16.3. The van der Waals surface area contributed by atoms with E-state index >= 15 is 0 Å². The van der Waals surface area contributed by atoms with Crippen molar-refractivity contribution in [2.24, 2.45) is 11.8 Å². The molecule has 128 valence electrons. The second-order valence-electron chi connectivity index (χ2n) is 7.03. The van der Waals surface area contributed by atoms with Gasteiger partial charge in [-0.2, -0.15) is 0 Å². The maximum Gasteiger partial charge on any atom is 0.0459 e. The Balaban J connectivity index is 3.67. The van der Waals surface area contributed by atoms with Crippen molar-refractivity contribution in [3.05, 3.63) is 0 Å². The van der Waals surface area contributed by atoms with Crippen molar-refractivity contribution in [2.75, 3.05) is 6.61 Å². The predicted octanol–water partition coefficient (Wildman–Crippen LogP) is 6.73. The molecule has 0 aromatic carbocycles. The van der Waals surface area contributed by atoms with Crippen LogP contribution in [0.15, 0.2) is 0 Å². The van der Waals surface area contributed by atoms with Crippen LogP contribution in [0.2, 0.25) is 0 Å². The first-order valence-corrected chi connectivity index (χ1v) is 9.87. The van der Waals surface area contributed by atoms with E-state index in [9.17, 15) is 5.11 Å². The first-order chi connectivity index (χ1) is 10.3. The van der Waals surface area contributed by atoms with Gasteiger partial charge in [0.2, 0.25) is 0 Å². The molecule has 21 heavy (non-hydrogen) atoms. The minimum atomic E-state index is 0.371. The average molecular weight is 299 g/mol. The molecule has 0 saturated carbocycles. The fraction of sp³-hybridized carbons (Fsp3) is 1.00. The maximum absolute atomic E-state index is 9.45. The Hall–Kier alpha value is -0.0400. The lowest BCUT2D eigenvalue weighted by Crippen LogP contribution is -2.15. The number of unbranched alkanes of at least 4 members (excludes halogenated alkanes) is 10. The molecule has 0 aliphatic rings. The molecule has 0 rings (SSSR count). The van der Waals surface area contributed by atoms with E-state index in [-0.39, 0.29) is 0 Å². The van der Waals surface area contributed by atoms with E-state index in [4.69, 9.17) is 0 Å². The van der Waals surface area contributed by atoms with Crippen LogP contribution in [0.3, 0.4) is 0 Å². The Morgan fingerprint density at radius 3 is 1.38 bits per heavy atom. The summed E-state index contributed by atoms with van der Waals surface area (Å²) in [5.74, 6) is 1.25. The van der Waals surface area contributed by atoms with Gasteiger partial charge in [-0.05, 0) is 11.8 Å². The zero-order valence-electron chi connectivity index (χ0n) is 15.2. The van der Waals surface area contributed by atoms with Gasteiger partial charge in [0.25, 0.3) is 0 Å². The molecule has 1 unspecified atom stereocenters. The summed E-state index contributed by atoms with van der Waals surface area (Å²) in [7, 11) is 0. The van der Waals surface area contributed by atoms with Crippen molar-refractivity contribution >= 4 is 0 Å². The molecule has 1 heteroatoms. The largest absolute Gasteiger partial charge is 0.396 e. The van der Waals surface area contributed by atoms with Crippen LogP contribution in [0.25, 0.3) is 0 Å². The van der Waals surface area contributed by atoms with Crippen LogP contribution in [0.4, 0.5) is 0 Å². The van der Waals surface area contributed by atoms with E-state index in [1.807, 2.05) is 0 Å². The third-order valence-corrected chi connectivity index (χ3v) is 4.95. The molecule has 1 N–H and O–H groups in total. The van der Waals surface area contributed by atoms with Crippen LogP contribution in [-0.4, -0.2) is 11.7 Å². The standard InChI is InChI=1S/C20H42O/c1-4-6-8-10-12-14-16-20(19(3)18-21)17-15-13-11-9-7-5-2/h19-21H,4-18H2,1-3H3. The van der Waals surface area contributed by atoms with Crippen LogP contribution >= 0.6 is 0 Å². The molecule has 0 aliphatic carbocycles. The lowest BCUT2D eigenvalue weighted by molar-refractivity contribution is 0.171. The smallest absolute Gasteiger partial charge is 0.0459 e. The van der Waals surface area contributed by atoms with Gasteiger partial charge in [-0.25, -0.2) is 0 Å². The van der Waals surface area contributed by atoms with Crippen LogP contribution in [0.1, 0.15) is 111 Å². The van der Waals surface area contributed by atoms with Crippen molar-refractivity contribution in [1.29, 1.82) is 0 Å². The van der Waals surface area contributed by atoms with Crippen LogP contribution in [-0.2, 0) is 0 Å². The maximum atomic E-state index is 9.45.